The van der Waals surface area contributed by atoms with Crippen molar-refractivity contribution < 1.29 is 9.59 Å². The number of rotatable bonds is 4. The number of hydrogen-bond donors (Lipinski definition) is 2. The van der Waals surface area contributed by atoms with E-state index in [9.17, 15) is 9.59 Å². The number of hydrogen-bond acceptors (Lipinski definition) is 3. The number of nitrogens with one attached hydrogen (secondary N) is 2. The van der Waals surface area contributed by atoms with E-state index in [1.807, 2.05) is 50.2 Å². The summed E-state index contributed by atoms with van der Waals surface area (Å²) in [5.41, 5.74) is 4.00. The van der Waals surface area contributed by atoms with Gasteiger partial charge in [0, 0.05) is 11.9 Å². The van der Waals surface area contributed by atoms with Crippen LogP contribution in [0.15, 0.2) is 42.6 Å². The second-order valence-corrected chi connectivity index (χ2v) is 6.74. The molecule has 2 aromatic rings. The zero-order valence-electron chi connectivity index (χ0n) is 14.6. The van der Waals surface area contributed by atoms with Crippen LogP contribution in [0.25, 0.3) is 0 Å². The fourth-order valence-electron chi connectivity index (χ4n) is 3.19. The van der Waals surface area contributed by atoms with E-state index in [1.165, 1.54) is 11.1 Å². The highest BCUT2D eigenvalue weighted by Gasteiger charge is 2.23. The maximum atomic E-state index is 12.3. The van der Waals surface area contributed by atoms with Gasteiger partial charge in [0.15, 0.2) is 0 Å². The molecule has 0 aliphatic heterocycles. The highest BCUT2D eigenvalue weighted by molar-refractivity contribution is 6.39. The summed E-state index contributed by atoms with van der Waals surface area (Å²) in [5.74, 6) is -1.18. The van der Waals surface area contributed by atoms with Gasteiger partial charge in [-0.05, 0) is 60.6 Å². The van der Waals surface area contributed by atoms with Crippen LogP contribution in [0.4, 0.5) is 5.69 Å². The van der Waals surface area contributed by atoms with Gasteiger partial charge in [-0.1, -0.05) is 26.0 Å². The lowest BCUT2D eigenvalue weighted by Gasteiger charge is -2.21. The number of aryl methyl sites for hydroxylation is 2. The first-order chi connectivity index (χ1) is 12.0. The first kappa shape index (κ1) is 17.1. The number of anilines is 1. The molecule has 5 nitrogen and oxygen atoms in total. The van der Waals surface area contributed by atoms with Gasteiger partial charge in [-0.25, -0.2) is 0 Å². The smallest absolute Gasteiger partial charge is 0.313 e. The van der Waals surface area contributed by atoms with Gasteiger partial charge in [0.25, 0.3) is 0 Å². The Morgan fingerprint density at radius 3 is 2.56 bits per heavy atom. The number of benzene rings is 1. The number of pyridine rings is 1. The largest absolute Gasteiger partial charge is 0.339 e. The van der Waals surface area contributed by atoms with E-state index in [1.54, 1.807) is 6.20 Å². The van der Waals surface area contributed by atoms with Gasteiger partial charge < -0.3 is 10.6 Å². The fourth-order valence-corrected chi connectivity index (χ4v) is 3.19. The molecule has 1 aromatic carbocycles. The lowest BCUT2D eigenvalue weighted by Crippen LogP contribution is -2.39. The number of amides is 2. The summed E-state index contributed by atoms with van der Waals surface area (Å²) in [5, 5.41) is 5.49. The summed E-state index contributed by atoms with van der Waals surface area (Å²) in [6.45, 7) is 3.97. The predicted octanol–water partition coefficient (Wildman–Crippen LogP) is 3.02. The van der Waals surface area contributed by atoms with Crippen molar-refractivity contribution in [1.82, 2.24) is 10.3 Å². The molecule has 0 bridgehead atoms. The van der Waals surface area contributed by atoms with Crippen LogP contribution in [-0.4, -0.2) is 16.8 Å². The summed E-state index contributed by atoms with van der Waals surface area (Å²) in [7, 11) is 0. The first-order valence-corrected chi connectivity index (χ1v) is 8.69. The van der Waals surface area contributed by atoms with E-state index in [0.29, 0.717) is 5.69 Å². The molecule has 5 heteroatoms. The van der Waals surface area contributed by atoms with Crippen molar-refractivity contribution in [3.8, 4) is 0 Å². The minimum atomic E-state index is -0.653. The third-order valence-corrected chi connectivity index (χ3v) is 4.52. The molecule has 1 aliphatic rings. The van der Waals surface area contributed by atoms with Gasteiger partial charge in [-0.3, -0.25) is 14.6 Å². The predicted molar refractivity (Wildman–Crippen MR) is 97.1 cm³/mol. The number of fused-ring (bicyclic) bond motifs is 1. The summed E-state index contributed by atoms with van der Waals surface area (Å²) in [6, 6.07) is 11.1. The summed E-state index contributed by atoms with van der Waals surface area (Å²) in [6.07, 6.45) is 4.94. The van der Waals surface area contributed by atoms with E-state index in [2.05, 4.69) is 15.6 Å². The molecule has 1 aliphatic carbocycles. The van der Waals surface area contributed by atoms with Gasteiger partial charge in [0.2, 0.25) is 0 Å². The molecule has 25 heavy (non-hydrogen) atoms. The molecule has 0 fully saturated rings. The van der Waals surface area contributed by atoms with Crippen LogP contribution in [0.5, 0.6) is 0 Å². The molecule has 0 spiro atoms. The van der Waals surface area contributed by atoms with Crippen molar-refractivity contribution in [3.63, 3.8) is 0 Å². The van der Waals surface area contributed by atoms with Crippen molar-refractivity contribution in [1.29, 1.82) is 0 Å². The molecule has 0 radical (unpaired) electrons. The first-order valence-electron chi connectivity index (χ1n) is 8.69. The van der Waals surface area contributed by atoms with Crippen LogP contribution >= 0.6 is 0 Å². The average Bonchev–Trinajstić information content (AvgIpc) is 3.07. The molecule has 2 amide bonds. The molecule has 0 unspecified atom stereocenters. The topological polar surface area (TPSA) is 71.1 Å². The number of nitrogens with zero attached hydrogens (tertiary/aromatic N) is 1. The maximum Gasteiger partial charge on any atom is 0.313 e. The Kier molecular flexibility index (Phi) is 5.12. The van der Waals surface area contributed by atoms with Gasteiger partial charge >= 0.3 is 11.8 Å². The van der Waals surface area contributed by atoms with Crippen molar-refractivity contribution in [2.45, 2.75) is 39.2 Å². The molecule has 1 aromatic heterocycles. The van der Waals surface area contributed by atoms with E-state index in [4.69, 9.17) is 0 Å². The summed E-state index contributed by atoms with van der Waals surface area (Å²) < 4.78 is 0. The Morgan fingerprint density at radius 2 is 1.84 bits per heavy atom. The molecule has 1 atom stereocenters. The number of carbonyl (C=O) groups is 2. The summed E-state index contributed by atoms with van der Waals surface area (Å²) >= 11 is 0. The van der Waals surface area contributed by atoms with Crippen LogP contribution in [0.1, 0.15) is 43.1 Å². The van der Waals surface area contributed by atoms with Gasteiger partial charge in [0.05, 0.1) is 11.7 Å². The second-order valence-electron chi connectivity index (χ2n) is 6.74. The molecule has 0 saturated carbocycles. The Labute approximate surface area is 147 Å². The highest BCUT2D eigenvalue weighted by Crippen LogP contribution is 2.25. The Hall–Kier alpha value is -2.69. The molecule has 2 N–H and O–H groups in total. The second kappa shape index (κ2) is 7.47. The van der Waals surface area contributed by atoms with Gasteiger partial charge in [-0.15, -0.1) is 0 Å². The normalized spacial score (nSPS) is 14.0. The third kappa shape index (κ3) is 4.05. The highest BCUT2D eigenvalue weighted by atomic mass is 16.2. The lowest BCUT2D eigenvalue weighted by molar-refractivity contribution is -0.136. The van der Waals surface area contributed by atoms with Crippen molar-refractivity contribution in [2.24, 2.45) is 5.92 Å². The zero-order chi connectivity index (χ0) is 17.8. The lowest BCUT2D eigenvalue weighted by atomic mass is 10.0. The minimum Gasteiger partial charge on any atom is -0.339 e. The van der Waals surface area contributed by atoms with Crippen molar-refractivity contribution in [3.05, 3.63) is 59.4 Å². The van der Waals surface area contributed by atoms with Crippen LogP contribution in [0.2, 0.25) is 0 Å². The van der Waals surface area contributed by atoms with Crippen LogP contribution in [-0.2, 0) is 22.4 Å². The van der Waals surface area contributed by atoms with E-state index in [-0.39, 0.29) is 12.0 Å². The number of carbonyl (C=O) groups excluding carboxylic acids is 2. The quantitative estimate of drug-likeness (QED) is 0.843. The SMILES string of the molecule is CC(C)[C@@H](NC(=O)C(=O)Nc1ccc2c(c1)CCC2)c1ccccn1. The molecule has 0 saturated heterocycles. The van der Waals surface area contributed by atoms with Crippen molar-refractivity contribution in [2.75, 3.05) is 5.32 Å². The van der Waals surface area contributed by atoms with E-state index in [0.717, 1.165) is 25.0 Å². The maximum absolute atomic E-state index is 12.3. The molecule has 1 heterocycles. The summed E-state index contributed by atoms with van der Waals surface area (Å²) in [4.78, 5) is 28.9. The van der Waals surface area contributed by atoms with Gasteiger partial charge in [0.1, 0.15) is 0 Å². The monoisotopic (exact) mass is 337 g/mol. The van der Waals surface area contributed by atoms with Crippen molar-refractivity contribution >= 4 is 17.5 Å². The third-order valence-electron chi connectivity index (χ3n) is 4.52. The van der Waals surface area contributed by atoms with Crippen LogP contribution in [0.3, 0.4) is 0 Å². The fraction of sp³-hybridized carbons (Fsp3) is 0.350. The molecular formula is C20H23N3O2. The Morgan fingerprint density at radius 1 is 1.04 bits per heavy atom. The van der Waals surface area contributed by atoms with E-state index >= 15 is 0 Å². The van der Waals surface area contributed by atoms with Crippen LogP contribution < -0.4 is 10.6 Å². The molecule has 130 valence electrons. The molecular weight excluding hydrogens is 314 g/mol. The standard InChI is InChI=1S/C20H23N3O2/c1-13(2)18(17-8-3-4-11-21-17)23-20(25)19(24)22-16-10-9-14-6-5-7-15(14)12-16/h3-4,8-13,18H,5-7H2,1-2H3,(H,22,24)(H,23,25)/t18-/m1/s1. The average molecular weight is 337 g/mol. The number of aromatic nitrogens is 1. The van der Waals surface area contributed by atoms with E-state index < -0.39 is 11.8 Å². The van der Waals surface area contributed by atoms with Crippen LogP contribution in [0, 0.1) is 5.92 Å². The molecule has 3 rings (SSSR count). The zero-order valence-corrected chi connectivity index (χ0v) is 14.6. The van der Waals surface area contributed by atoms with Gasteiger partial charge in [-0.2, -0.15) is 0 Å². The Balaban J connectivity index is 1.66. The minimum absolute atomic E-state index is 0.117. The Bertz CT molecular complexity index is 772.